The number of rotatable bonds is 23. The first-order valence-electron chi connectivity index (χ1n) is 13.4. The highest BCUT2D eigenvalue weighted by atomic mass is 79.9. The summed E-state index contributed by atoms with van der Waals surface area (Å²) in [7, 11) is -0.512. The van der Waals surface area contributed by atoms with Crippen molar-refractivity contribution in [2.24, 2.45) is 0 Å². The van der Waals surface area contributed by atoms with Crippen molar-refractivity contribution in [1.29, 1.82) is 0 Å². The lowest BCUT2D eigenvalue weighted by molar-refractivity contribution is -0.00000653. The minimum absolute atomic E-state index is 0. The predicted molar refractivity (Wildman–Crippen MR) is 137 cm³/mol. The molecule has 0 saturated heterocycles. The lowest BCUT2D eigenvalue weighted by Gasteiger charge is -2.10. The Morgan fingerprint density at radius 2 is 0.552 bits per heavy atom. The van der Waals surface area contributed by atoms with Crippen molar-refractivity contribution >= 4 is 7.26 Å². The van der Waals surface area contributed by atoms with E-state index in [2.05, 4.69) is 26.9 Å². The van der Waals surface area contributed by atoms with Gasteiger partial charge in [-0.25, -0.2) is 0 Å². The lowest BCUT2D eigenvalue weighted by atomic mass is 10.0. The number of unbranched alkanes of at least 4 members (excludes halogenated alkanes) is 21. The van der Waals surface area contributed by atoms with Crippen molar-refractivity contribution < 1.29 is 17.0 Å². The van der Waals surface area contributed by atoms with E-state index in [0.717, 1.165) is 0 Å². The fourth-order valence-electron chi connectivity index (χ4n) is 4.19. The molecule has 0 nitrogen and oxygen atoms in total. The molecule has 29 heavy (non-hydrogen) atoms. The van der Waals surface area contributed by atoms with Crippen LogP contribution in [0.5, 0.6) is 0 Å². The maximum absolute atomic E-state index is 2.48. The largest absolute Gasteiger partial charge is 1.00 e. The molecule has 0 aromatic rings. The summed E-state index contributed by atoms with van der Waals surface area (Å²) >= 11 is 0. The van der Waals surface area contributed by atoms with E-state index in [1.807, 2.05) is 0 Å². The zero-order chi connectivity index (χ0) is 20.8. The van der Waals surface area contributed by atoms with E-state index < -0.39 is 7.26 Å². The van der Waals surface area contributed by atoms with Gasteiger partial charge in [0.05, 0.1) is 6.16 Å². The van der Waals surface area contributed by atoms with E-state index in [9.17, 15) is 0 Å². The minimum atomic E-state index is -0.512. The van der Waals surface area contributed by atoms with Crippen molar-refractivity contribution in [3.05, 3.63) is 0 Å². The second-order valence-corrected chi connectivity index (χ2v) is 15.5. The van der Waals surface area contributed by atoms with Crippen molar-refractivity contribution in [2.45, 2.75) is 148 Å². The Hall–Kier alpha value is 0.910. The highest BCUT2D eigenvalue weighted by Gasteiger charge is 2.15. The Kier molecular flexibility index (Phi) is 27.9. The van der Waals surface area contributed by atoms with E-state index in [0.29, 0.717) is 0 Å². The first kappa shape index (κ1) is 32.1. The zero-order valence-electron chi connectivity index (χ0n) is 21.1. The Labute approximate surface area is 198 Å². The standard InChI is InChI=1S/C27H58P.BrH/c1-5-6-7-8-9-10-11-12-13-14-15-16-17-18-19-20-21-22-23-24-25-26-27-28(2,3)4;/h5-27H2,1-4H3;1H/q+1;/p-1. The van der Waals surface area contributed by atoms with Gasteiger partial charge in [-0.15, -0.1) is 0 Å². The quantitative estimate of drug-likeness (QED) is 0.102. The number of halogens is 1. The molecule has 0 aromatic carbocycles. The van der Waals surface area contributed by atoms with Crippen molar-refractivity contribution in [1.82, 2.24) is 0 Å². The van der Waals surface area contributed by atoms with Gasteiger partial charge < -0.3 is 17.0 Å². The van der Waals surface area contributed by atoms with Crippen molar-refractivity contribution in [3.8, 4) is 0 Å². The van der Waals surface area contributed by atoms with Crippen LogP contribution in [-0.4, -0.2) is 26.2 Å². The van der Waals surface area contributed by atoms with Crippen LogP contribution in [0.1, 0.15) is 148 Å². The molecule has 0 amide bonds. The predicted octanol–water partition coefficient (Wildman–Crippen LogP) is 7.50. The van der Waals surface area contributed by atoms with E-state index in [1.54, 1.807) is 0 Å². The summed E-state index contributed by atoms with van der Waals surface area (Å²) in [5.74, 6) is 0. The molecular weight excluding hydrogens is 435 g/mol. The molecule has 0 rings (SSSR count). The van der Waals surface area contributed by atoms with Crippen LogP contribution >= 0.6 is 7.26 Å². The van der Waals surface area contributed by atoms with Crippen LogP contribution < -0.4 is 17.0 Å². The molecule has 2 heteroatoms. The van der Waals surface area contributed by atoms with Gasteiger partial charge in [-0.1, -0.05) is 135 Å². The topological polar surface area (TPSA) is 0 Å². The first-order valence-corrected chi connectivity index (χ1v) is 16.7. The normalized spacial score (nSPS) is 11.6. The Morgan fingerprint density at radius 3 is 0.759 bits per heavy atom. The van der Waals surface area contributed by atoms with Crippen LogP contribution in [0.25, 0.3) is 0 Å². The van der Waals surface area contributed by atoms with Crippen molar-refractivity contribution in [3.63, 3.8) is 0 Å². The van der Waals surface area contributed by atoms with Gasteiger partial charge in [0.1, 0.15) is 0 Å². The highest BCUT2D eigenvalue weighted by Crippen LogP contribution is 2.47. The van der Waals surface area contributed by atoms with Gasteiger partial charge in [0.15, 0.2) is 0 Å². The molecule has 0 N–H and O–H groups in total. The summed E-state index contributed by atoms with van der Waals surface area (Å²) in [5.41, 5.74) is 0. The van der Waals surface area contributed by atoms with Gasteiger partial charge in [0, 0.05) is 27.3 Å². The average Bonchev–Trinajstić information content (AvgIpc) is 2.65. The Balaban J connectivity index is 0. The minimum Gasteiger partial charge on any atom is -1.00 e. The van der Waals surface area contributed by atoms with Gasteiger partial charge in [-0.3, -0.25) is 0 Å². The van der Waals surface area contributed by atoms with E-state index in [1.165, 1.54) is 147 Å². The summed E-state index contributed by atoms with van der Waals surface area (Å²) in [4.78, 5) is 0. The molecule has 0 aliphatic carbocycles. The van der Waals surface area contributed by atoms with Gasteiger partial charge >= 0.3 is 0 Å². The average molecular weight is 494 g/mol. The summed E-state index contributed by atoms with van der Waals surface area (Å²) in [6, 6.07) is 0. The van der Waals surface area contributed by atoms with Crippen LogP contribution in [0, 0.1) is 0 Å². The van der Waals surface area contributed by atoms with Gasteiger partial charge in [-0.2, -0.15) is 0 Å². The van der Waals surface area contributed by atoms with Crippen LogP contribution in [0.15, 0.2) is 0 Å². The molecule has 0 aliphatic heterocycles. The molecule has 0 bridgehead atoms. The third kappa shape index (κ3) is 31.2. The SMILES string of the molecule is CCCCCCCCCCCCCCCCCCCCCCCC[P+](C)(C)C.[Br-]. The number of hydrogen-bond donors (Lipinski definition) is 0. The van der Waals surface area contributed by atoms with E-state index >= 15 is 0 Å². The fourth-order valence-corrected chi connectivity index (χ4v) is 5.37. The van der Waals surface area contributed by atoms with Crippen molar-refractivity contribution in [2.75, 3.05) is 26.2 Å². The molecule has 0 saturated carbocycles. The molecule has 0 atom stereocenters. The smallest absolute Gasteiger partial charge is 0.0586 e. The van der Waals surface area contributed by atoms with Gasteiger partial charge in [0.25, 0.3) is 0 Å². The third-order valence-electron chi connectivity index (χ3n) is 6.18. The Morgan fingerprint density at radius 1 is 0.345 bits per heavy atom. The highest BCUT2D eigenvalue weighted by molar-refractivity contribution is 7.73. The molecule has 0 aromatic heterocycles. The fraction of sp³-hybridized carbons (Fsp3) is 1.00. The monoisotopic (exact) mass is 492 g/mol. The maximum atomic E-state index is 2.48. The zero-order valence-corrected chi connectivity index (χ0v) is 23.6. The second-order valence-electron chi connectivity index (χ2n) is 10.4. The third-order valence-corrected chi connectivity index (χ3v) is 7.84. The summed E-state index contributed by atoms with van der Waals surface area (Å²) in [5, 5.41) is 0. The van der Waals surface area contributed by atoms with Crippen LogP contribution in [0.3, 0.4) is 0 Å². The summed E-state index contributed by atoms with van der Waals surface area (Å²) in [6.45, 7) is 9.73. The van der Waals surface area contributed by atoms with Crippen LogP contribution in [-0.2, 0) is 0 Å². The summed E-state index contributed by atoms with van der Waals surface area (Å²) in [6.07, 6.45) is 34.1. The van der Waals surface area contributed by atoms with Gasteiger partial charge in [0.2, 0.25) is 0 Å². The second kappa shape index (κ2) is 25.2. The molecular formula is C27H58BrP. The summed E-state index contributed by atoms with van der Waals surface area (Å²) < 4.78 is 0. The van der Waals surface area contributed by atoms with Gasteiger partial charge in [-0.05, 0) is 12.8 Å². The van der Waals surface area contributed by atoms with Crippen LogP contribution in [0.4, 0.5) is 0 Å². The maximum Gasteiger partial charge on any atom is 0.0586 e. The molecule has 0 heterocycles. The molecule has 0 radical (unpaired) electrons. The molecule has 0 fully saturated rings. The molecule has 0 aliphatic rings. The van der Waals surface area contributed by atoms with E-state index in [4.69, 9.17) is 0 Å². The molecule has 0 spiro atoms. The lowest BCUT2D eigenvalue weighted by Crippen LogP contribution is -3.00. The first-order chi connectivity index (χ1) is 13.6. The van der Waals surface area contributed by atoms with E-state index in [-0.39, 0.29) is 17.0 Å². The molecule has 178 valence electrons. The Bertz CT molecular complexity index is 285. The van der Waals surface area contributed by atoms with Crippen LogP contribution in [0.2, 0.25) is 0 Å². The number of hydrogen-bond acceptors (Lipinski definition) is 0. The molecule has 0 unspecified atom stereocenters.